The quantitative estimate of drug-likeness (QED) is 0.904. The Morgan fingerprint density at radius 2 is 2.22 bits per heavy atom. The lowest BCUT2D eigenvalue weighted by molar-refractivity contribution is -0.122. The van der Waals surface area contributed by atoms with Crippen LogP contribution in [0.2, 0.25) is 5.02 Å². The summed E-state index contributed by atoms with van der Waals surface area (Å²) < 4.78 is 5.28. The molecule has 0 radical (unpaired) electrons. The Hall–Kier alpha value is -1.43. The number of hydrogen-bond acceptors (Lipinski definition) is 4. The van der Waals surface area contributed by atoms with Gasteiger partial charge >= 0.3 is 0 Å². The van der Waals surface area contributed by atoms with Gasteiger partial charge in [-0.3, -0.25) is 4.79 Å². The molecule has 1 fully saturated rings. The summed E-state index contributed by atoms with van der Waals surface area (Å²) in [6.07, 6.45) is 4.15. The van der Waals surface area contributed by atoms with Crippen molar-refractivity contribution in [3.8, 4) is 0 Å². The number of halogens is 1. The van der Waals surface area contributed by atoms with Gasteiger partial charge in [0, 0.05) is 41.6 Å². The molecule has 2 aromatic rings. The molecule has 1 N–H and O–H groups in total. The summed E-state index contributed by atoms with van der Waals surface area (Å²) in [5.41, 5.74) is 2.22. The summed E-state index contributed by atoms with van der Waals surface area (Å²) in [5, 5.41) is 4.36. The van der Waals surface area contributed by atoms with Gasteiger partial charge in [0.15, 0.2) is 5.13 Å². The number of hydrogen-bond donors (Lipinski definition) is 1. The highest BCUT2D eigenvalue weighted by atomic mass is 35.5. The normalized spacial score (nSPS) is 15.6. The maximum Gasteiger partial charge on any atom is 0.229 e. The van der Waals surface area contributed by atoms with Crippen molar-refractivity contribution in [2.24, 2.45) is 5.92 Å². The number of rotatable bonds is 4. The van der Waals surface area contributed by atoms with Crippen LogP contribution in [0.15, 0.2) is 24.4 Å². The number of nitrogens with zero attached hydrogens (tertiary/aromatic N) is 1. The molecular weight excluding hydrogens is 332 g/mol. The first kappa shape index (κ1) is 16.4. The van der Waals surface area contributed by atoms with Gasteiger partial charge < -0.3 is 10.1 Å². The summed E-state index contributed by atoms with van der Waals surface area (Å²) in [5.74, 6) is 0.0829. The highest BCUT2D eigenvalue weighted by Gasteiger charge is 2.22. The molecule has 1 saturated heterocycles. The van der Waals surface area contributed by atoms with Crippen LogP contribution in [0.4, 0.5) is 5.13 Å². The summed E-state index contributed by atoms with van der Waals surface area (Å²) >= 11 is 7.67. The minimum absolute atomic E-state index is 0.0343. The highest BCUT2D eigenvalue weighted by Crippen LogP contribution is 2.25. The molecule has 1 aliphatic heterocycles. The number of amides is 1. The molecule has 2 heterocycles. The molecule has 23 heavy (non-hydrogen) atoms. The lowest BCUT2D eigenvalue weighted by Crippen LogP contribution is -2.28. The standard InChI is InChI=1S/C17H19ClN2O2S/c1-11-2-3-12(9-15(11)18)8-14-10-19-17(23-14)20-16(21)13-4-6-22-7-5-13/h2-3,9-10,13H,4-8H2,1H3,(H,19,20,21). The number of thiazole rings is 1. The molecule has 1 aromatic carbocycles. The molecule has 4 nitrogen and oxygen atoms in total. The maximum absolute atomic E-state index is 12.2. The fraction of sp³-hybridized carbons (Fsp3) is 0.412. The number of benzene rings is 1. The van der Waals surface area contributed by atoms with Crippen LogP contribution in [-0.2, 0) is 16.0 Å². The predicted octanol–water partition coefficient (Wildman–Crippen LogP) is 4.06. The number of aryl methyl sites for hydroxylation is 1. The van der Waals surface area contributed by atoms with Crippen molar-refractivity contribution in [3.05, 3.63) is 45.4 Å². The van der Waals surface area contributed by atoms with Crippen LogP contribution in [0.5, 0.6) is 0 Å². The molecule has 0 spiro atoms. The van der Waals surface area contributed by atoms with E-state index in [1.807, 2.05) is 25.3 Å². The molecule has 1 amide bonds. The summed E-state index contributed by atoms with van der Waals surface area (Å²) in [7, 11) is 0. The van der Waals surface area contributed by atoms with Crippen molar-refractivity contribution in [2.45, 2.75) is 26.2 Å². The first-order valence-electron chi connectivity index (χ1n) is 7.70. The van der Waals surface area contributed by atoms with Crippen molar-refractivity contribution in [2.75, 3.05) is 18.5 Å². The van der Waals surface area contributed by atoms with E-state index in [1.165, 1.54) is 11.3 Å². The molecule has 0 unspecified atom stereocenters. The van der Waals surface area contributed by atoms with E-state index in [9.17, 15) is 4.79 Å². The van der Waals surface area contributed by atoms with E-state index in [4.69, 9.17) is 16.3 Å². The van der Waals surface area contributed by atoms with Gasteiger partial charge in [0.1, 0.15) is 0 Å². The molecule has 122 valence electrons. The van der Waals surface area contributed by atoms with Crippen molar-refractivity contribution in [1.82, 2.24) is 4.98 Å². The predicted molar refractivity (Wildman–Crippen MR) is 93.3 cm³/mol. The zero-order chi connectivity index (χ0) is 16.2. The summed E-state index contributed by atoms with van der Waals surface area (Å²) in [4.78, 5) is 17.6. The summed E-state index contributed by atoms with van der Waals surface area (Å²) in [6.45, 7) is 3.31. The summed E-state index contributed by atoms with van der Waals surface area (Å²) in [6, 6.07) is 6.07. The zero-order valence-corrected chi connectivity index (χ0v) is 14.5. The minimum atomic E-state index is 0.0343. The fourth-order valence-corrected chi connectivity index (χ4v) is 3.61. The lowest BCUT2D eigenvalue weighted by atomic mass is 10.00. The average molecular weight is 351 g/mol. The maximum atomic E-state index is 12.2. The van der Waals surface area contributed by atoms with Gasteiger partial charge in [0.05, 0.1) is 0 Å². The first-order chi connectivity index (χ1) is 11.1. The Morgan fingerprint density at radius 3 is 2.96 bits per heavy atom. The van der Waals surface area contributed by atoms with Crippen LogP contribution in [0.25, 0.3) is 0 Å². The number of aromatic nitrogens is 1. The third-order valence-electron chi connectivity index (χ3n) is 3.99. The number of ether oxygens (including phenoxy) is 1. The van der Waals surface area contributed by atoms with Crippen LogP contribution >= 0.6 is 22.9 Å². The van der Waals surface area contributed by atoms with Gasteiger partial charge in [-0.05, 0) is 37.0 Å². The number of carbonyl (C=O) groups excluding carboxylic acids is 1. The zero-order valence-electron chi connectivity index (χ0n) is 13.0. The second-order valence-corrected chi connectivity index (χ2v) is 7.29. The number of nitrogens with one attached hydrogen (secondary N) is 1. The van der Waals surface area contributed by atoms with Crippen LogP contribution < -0.4 is 5.32 Å². The first-order valence-corrected chi connectivity index (χ1v) is 8.89. The van der Waals surface area contributed by atoms with E-state index in [0.717, 1.165) is 40.3 Å². The van der Waals surface area contributed by atoms with Crippen molar-refractivity contribution < 1.29 is 9.53 Å². The molecule has 0 bridgehead atoms. The second kappa shape index (κ2) is 7.43. The monoisotopic (exact) mass is 350 g/mol. The van der Waals surface area contributed by atoms with Crippen molar-refractivity contribution >= 4 is 34.0 Å². The third kappa shape index (κ3) is 4.31. The van der Waals surface area contributed by atoms with Gasteiger partial charge in [-0.15, -0.1) is 11.3 Å². The van der Waals surface area contributed by atoms with Crippen molar-refractivity contribution in [3.63, 3.8) is 0 Å². The van der Waals surface area contributed by atoms with E-state index < -0.39 is 0 Å². The smallest absolute Gasteiger partial charge is 0.229 e. The Morgan fingerprint density at radius 1 is 1.43 bits per heavy atom. The van der Waals surface area contributed by atoms with Gasteiger partial charge in [-0.2, -0.15) is 0 Å². The number of carbonyl (C=O) groups is 1. The van der Waals surface area contributed by atoms with Crippen LogP contribution in [0, 0.1) is 12.8 Å². The average Bonchev–Trinajstić information content (AvgIpc) is 2.99. The van der Waals surface area contributed by atoms with E-state index in [0.29, 0.717) is 18.3 Å². The van der Waals surface area contributed by atoms with E-state index in [2.05, 4.69) is 16.4 Å². The topological polar surface area (TPSA) is 51.2 Å². The number of anilines is 1. The molecule has 3 rings (SSSR count). The molecule has 6 heteroatoms. The Kier molecular flexibility index (Phi) is 5.30. The van der Waals surface area contributed by atoms with Crippen molar-refractivity contribution in [1.29, 1.82) is 0 Å². The fourth-order valence-electron chi connectivity index (χ4n) is 2.56. The Bertz CT molecular complexity index is 696. The molecule has 0 aliphatic carbocycles. The van der Waals surface area contributed by atoms with Crippen LogP contribution in [-0.4, -0.2) is 24.1 Å². The second-order valence-electron chi connectivity index (χ2n) is 5.77. The van der Waals surface area contributed by atoms with Crippen LogP contribution in [0.1, 0.15) is 28.8 Å². The van der Waals surface area contributed by atoms with Gasteiger partial charge in [0.25, 0.3) is 0 Å². The SMILES string of the molecule is Cc1ccc(Cc2cnc(NC(=O)C3CCOCC3)s2)cc1Cl. The van der Waals surface area contributed by atoms with Crippen LogP contribution in [0.3, 0.4) is 0 Å². The Balaban J connectivity index is 1.61. The van der Waals surface area contributed by atoms with E-state index >= 15 is 0 Å². The van der Waals surface area contributed by atoms with Gasteiger partial charge in [0.2, 0.25) is 5.91 Å². The third-order valence-corrected chi connectivity index (χ3v) is 5.31. The molecule has 1 aliphatic rings. The van der Waals surface area contributed by atoms with E-state index in [1.54, 1.807) is 0 Å². The lowest BCUT2D eigenvalue weighted by Gasteiger charge is -2.20. The molecule has 0 atom stereocenters. The molecule has 1 aromatic heterocycles. The minimum Gasteiger partial charge on any atom is -0.381 e. The van der Waals surface area contributed by atoms with Gasteiger partial charge in [-0.1, -0.05) is 23.7 Å². The highest BCUT2D eigenvalue weighted by molar-refractivity contribution is 7.15. The molecular formula is C17H19ClN2O2S. The molecule has 0 saturated carbocycles. The largest absolute Gasteiger partial charge is 0.381 e. The van der Waals surface area contributed by atoms with Gasteiger partial charge in [-0.25, -0.2) is 4.98 Å². The Labute approximate surface area is 144 Å². The van der Waals surface area contributed by atoms with E-state index in [-0.39, 0.29) is 11.8 Å².